The molecule has 0 heterocycles. The Morgan fingerprint density at radius 3 is 2.43 bits per heavy atom. The number of ether oxygens (including phenoxy) is 1. The maximum atomic E-state index is 11.7. The van der Waals surface area contributed by atoms with Gasteiger partial charge in [-0.05, 0) is 32.1 Å². The van der Waals surface area contributed by atoms with E-state index in [0.717, 1.165) is 32.1 Å². The number of hydrogen-bond acceptors (Lipinski definition) is 6. The van der Waals surface area contributed by atoms with Gasteiger partial charge in [0.15, 0.2) is 5.71 Å². The lowest BCUT2D eigenvalue weighted by Crippen LogP contribution is -2.40. The van der Waals surface area contributed by atoms with Gasteiger partial charge in [-0.1, -0.05) is 24.4 Å². The summed E-state index contributed by atoms with van der Waals surface area (Å²) in [7, 11) is 0. The van der Waals surface area contributed by atoms with Crippen LogP contribution in [0.4, 0.5) is 4.79 Å². The summed E-state index contributed by atoms with van der Waals surface area (Å²) in [5.41, 5.74) is -0.511. The molecule has 0 unspecified atom stereocenters. The van der Waals surface area contributed by atoms with Gasteiger partial charge in [-0.15, -0.1) is 0 Å². The van der Waals surface area contributed by atoms with Crippen LogP contribution in [0.25, 0.3) is 0 Å². The van der Waals surface area contributed by atoms with Crippen LogP contribution in [-0.2, 0) is 19.2 Å². The molecule has 0 bridgehead atoms. The van der Waals surface area contributed by atoms with Gasteiger partial charge in [-0.3, -0.25) is 9.63 Å². The largest absolute Gasteiger partial charge is 0.481 e. The fraction of sp³-hybridized carbons (Fsp3) is 0.733. The molecule has 1 fully saturated rings. The van der Waals surface area contributed by atoms with Crippen LogP contribution in [-0.4, -0.2) is 42.0 Å². The summed E-state index contributed by atoms with van der Waals surface area (Å²) in [5, 5.41) is 15.0. The second kappa shape index (κ2) is 9.12. The number of carboxylic acids is 1. The van der Waals surface area contributed by atoms with Crippen molar-refractivity contribution in [1.82, 2.24) is 5.32 Å². The summed E-state index contributed by atoms with van der Waals surface area (Å²) in [6, 6.07) is 0. The van der Waals surface area contributed by atoms with E-state index in [-0.39, 0.29) is 25.3 Å². The number of amides is 1. The van der Waals surface area contributed by atoms with Gasteiger partial charge in [-0.2, -0.15) is 0 Å². The van der Waals surface area contributed by atoms with Crippen molar-refractivity contribution in [2.24, 2.45) is 10.6 Å². The minimum absolute atomic E-state index is 0.0123. The highest BCUT2D eigenvalue weighted by Crippen LogP contribution is 2.38. The van der Waals surface area contributed by atoms with Gasteiger partial charge in [-0.25, -0.2) is 9.59 Å². The number of aliphatic carboxylic acids is 1. The first-order valence-corrected chi connectivity index (χ1v) is 7.77. The summed E-state index contributed by atoms with van der Waals surface area (Å²) in [5.74, 6) is -1.53. The maximum absolute atomic E-state index is 11.7. The smallest absolute Gasteiger partial charge is 0.433 e. The molecule has 130 valence electrons. The Labute approximate surface area is 135 Å². The molecule has 0 radical (unpaired) electrons. The van der Waals surface area contributed by atoms with Crippen molar-refractivity contribution < 1.29 is 29.1 Å². The SMILES string of the molecule is CCOC(=O)C(C)=NOC(=O)NCC1(CC(=O)O)CCCCC1. The first-order valence-electron chi connectivity index (χ1n) is 7.77. The topological polar surface area (TPSA) is 114 Å². The molecule has 8 heteroatoms. The zero-order valence-corrected chi connectivity index (χ0v) is 13.6. The van der Waals surface area contributed by atoms with Crippen LogP contribution in [0.2, 0.25) is 0 Å². The predicted molar refractivity (Wildman–Crippen MR) is 82.0 cm³/mol. The Hall–Kier alpha value is -2.12. The molecule has 23 heavy (non-hydrogen) atoms. The van der Waals surface area contributed by atoms with E-state index in [1.54, 1.807) is 6.92 Å². The Morgan fingerprint density at radius 2 is 1.87 bits per heavy atom. The summed E-state index contributed by atoms with van der Waals surface area (Å²) in [6.45, 7) is 3.45. The van der Waals surface area contributed by atoms with Crippen molar-refractivity contribution in [3.8, 4) is 0 Å². The van der Waals surface area contributed by atoms with Crippen molar-refractivity contribution in [2.45, 2.75) is 52.4 Å². The molecule has 1 saturated carbocycles. The molecule has 0 aromatic carbocycles. The van der Waals surface area contributed by atoms with Gasteiger partial charge >= 0.3 is 18.0 Å². The van der Waals surface area contributed by atoms with Gasteiger partial charge in [0.05, 0.1) is 13.0 Å². The van der Waals surface area contributed by atoms with E-state index in [1.807, 2.05) is 0 Å². The van der Waals surface area contributed by atoms with Crippen LogP contribution in [0.5, 0.6) is 0 Å². The van der Waals surface area contributed by atoms with E-state index in [2.05, 4.69) is 15.3 Å². The molecule has 0 aliphatic heterocycles. The lowest BCUT2D eigenvalue weighted by atomic mass is 9.72. The van der Waals surface area contributed by atoms with Gasteiger partial charge < -0.3 is 15.2 Å². The van der Waals surface area contributed by atoms with Gasteiger partial charge in [0.1, 0.15) is 0 Å². The molecule has 0 saturated heterocycles. The van der Waals surface area contributed by atoms with Gasteiger partial charge in [0.2, 0.25) is 0 Å². The fourth-order valence-corrected chi connectivity index (χ4v) is 2.71. The van der Waals surface area contributed by atoms with E-state index >= 15 is 0 Å². The maximum Gasteiger partial charge on any atom is 0.433 e. The zero-order chi connectivity index (χ0) is 17.3. The summed E-state index contributed by atoms with van der Waals surface area (Å²) in [6.07, 6.45) is 3.68. The minimum atomic E-state index is -0.877. The Balaban J connectivity index is 2.50. The highest BCUT2D eigenvalue weighted by atomic mass is 16.7. The molecule has 2 N–H and O–H groups in total. The number of oxime groups is 1. The van der Waals surface area contributed by atoms with E-state index in [1.165, 1.54) is 6.92 Å². The molecule has 1 rings (SSSR count). The van der Waals surface area contributed by atoms with Gasteiger partial charge in [0.25, 0.3) is 0 Å². The summed E-state index contributed by atoms with van der Waals surface area (Å²) < 4.78 is 4.70. The molecule has 1 aliphatic rings. The standard InChI is InChI=1S/C15H24N2O6/c1-3-22-13(20)11(2)17-23-14(21)16-10-15(9-12(18)19)7-5-4-6-8-15/h3-10H2,1-2H3,(H,16,21)(H,18,19). The number of esters is 1. The first kappa shape index (κ1) is 18.9. The molecule has 0 spiro atoms. The number of carbonyl (C=O) groups excluding carboxylic acids is 2. The zero-order valence-electron chi connectivity index (χ0n) is 13.6. The van der Waals surface area contributed by atoms with Crippen LogP contribution >= 0.6 is 0 Å². The van der Waals surface area contributed by atoms with Crippen molar-refractivity contribution in [2.75, 3.05) is 13.2 Å². The summed E-state index contributed by atoms with van der Waals surface area (Å²) in [4.78, 5) is 38.6. The van der Waals surface area contributed by atoms with Crippen LogP contribution in [0, 0.1) is 5.41 Å². The molecular formula is C15H24N2O6. The van der Waals surface area contributed by atoms with Crippen LogP contribution < -0.4 is 5.32 Å². The minimum Gasteiger partial charge on any atom is -0.481 e. The quantitative estimate of drug-likeness (QED) is 0.320. The molecule has 0 aromatic heterocycles. The number of nitrogens with zero attached hydrogens (tertiary/aromatic N) is 1. The molecule has 1 aliphatic carbocycles. The number of carbonyl (C=O) groups is 3. The second-order valence-electron chi connectivity index (χ2n) is 5.76. The number of rotatable bonds is 7. The molecule has 0 atom stereocenters. The van der Waals surface area contributed by atoms with Crippen molar-refractivity contribution in [3.05, 3.63) is 0 Å². The van der Waals surface area contributed by atoms with E-state index < -0.39 is 23.4 Å². The van der Waals surface area contributed by atoms with Crippen LogP contribution in [0.3, 0.4) is 0 Å². The molecule has 1 amide bonds. The lowest BCUT2D eigenvalue weighted by molar-refractivity contribution is -0.140. The van der Waals surface area contributed by atoms with Crippen molar-refractivity contribution in [1.29, 1.82) is 0 Å². The van der Waals surface area contributed by atoms with Crippen LogP contribution in [0.1, 0.15) is 52.4 Å². The van der Waals surface area contributed by atoms with Crippen molar-refractivity contribution in [3.63, 3.8) is 0 Å². The third-order valence-corrected chi connectivity index (χ3v) is 3.88. The van der Waals surface area contributed by atoms with Gasteiger partial charge in [0, 0.05) is 6.54 Å². The average molecular weight is 328 g/mol. The first-order chi connectivity index (χ1) is 10.9. The third-order valence-electron chi connectivity index (χ3n) is 3.88. The van der Waals surface area contributed by atoms with E-state index in [0.29, 0.717) is 0 Å². The van der Waals surface area contributed by atoms with Crippen LogP contribution in [0.15, 0.2) is 5.16 Å². The van der Waals surface area contributed by atoms with E-state index in [4.69, 9.17) is 9.84 Å². The number of carboxylic acid groups (broad SMARTS) is 1. The Kier molecular flexibility index (Phi) is 7.50. The summed E-state index contributed by atoms with van der Waals surface area (Å²) >= 11 is 0. The second-order valence-corrected chi connectivity index (χ2v) is 5.76. The highest BCUT2D eigenvalue weighted by Gasteiger charge is 2.34. The van der Waals surface area contributed by atoms with Crippen molar-refractivity contribution >= 4 is 23.7 Å². The monoisotopic (exact) mass is 328 g/mol. The average Bonchev–Trinajstić information content (AvgIpc) is 2.51. The normalized spacial score (nSPS) is 17.2. The lowest BCUT2D eigenvalue weighted by Gasteiger charge is -2.35. The Bertz CT molecular complexity index is 469. The molecular weight excluding hydrogens is 304 g/mol. The third kappa shape index (κ3) is 6.66. The highest BCUT2D eigenvalue weighted by molar-refractivity contribution is 6.35. The predicted octanol–water partition coefficient (Wildman–Crippen LogP) is 2.08. The molecule has 8 nitrogen and oxygen atoms in total. The van der Waals surface area contributed by atoms with E-state index in [9.17, 15) is 14.4 Å². The number of hydrogen-bond donors (Lipinski definition) is 2. The Morgan fingerprint density at radius 1 is 1.22 bits per heavy atom. The number of nitrogens with one attached hydrogen (secondary N) is 1. The molecule has 0 aromatic rings. The fourth-order valence-electron chi connectivity index (χ4n) is 2.71.